The Morgan fingerprint density at radius 1 is 1.42 bits per heavy atom. The van der Waals surface area contributed by atoms with Gasteiger partial charge in [0, 0.05) is 0 Å². The van der Waals surface area contributed by atoms with E-state index in [1.807, 2.05) is 0 Å². The predicted octanol–water partition coefficient (Wildman–Crippen LogP) is 0.971. The van der Waals surface area contributed by atoms with Gasteiger partial charge < -0.3 is 10.1 Å². The molecule has 72 valence electrons. The first-order chi connectivity index (χ1) is 5.34. The fourth-order valence-electron chi connectivity index (χ4n) is 1.42. The van der Waals surface area contributed by atoms with E-state index in [0.717, 1.165) is 32.4 Å². The number of halogens is 1. The SMILES string of the molecule is COC(=O)[C@H]1CCCNCC1.Cl. The van der Waals surface area contributed by atoms with Crippen molar-refractivity contribution in [1.82, 2.24) is 5.32 Å². The number of rotatable bonds is 1. The van der Waals surface area contributed by atoms with E-state index >= 15 is 0 Å². The molecule has 0 aliphatic carbocycles. The van der Waals surface area contributed by atoms with Crippen LogP contribution < -0.4 is 5.32 Å². The Balaban J connectivity index is 0.00000121. The standard InChI is InChI=1S/C8H15NO2.ClH/c1-11-8(10)7-3-2-5-9-6-4-7;/h7,9H,2-6H2,1H3;1H/t7-;/m0./s1. The van der Waals surface area contributed by atoms with Gasteiger partial charge in [0.05, 0.1) is 13.0 Å². The van der Waals surface area contributed by atoms with Crippen molar-refractivity contribution in [3.8, 4) is 0 Å². The summed E-state index contributed by atoms with van der Waals surface area (Å²) in [5, 5.41) is 3.25. The fourth-order valence-corrected chi connectivity index (χ4v) is 1.42. The summed E-state index contributed by atoms with van der Waals surface area (Å²) in [6.45, 7) is 1.98. The molecule has 1 rings (SSSR count). The summed E-state index contributed by atoms with van der Waals surface area (Å²) in [6.07, 6.45) is 2.98. The van der Waals surface area contributed by atoms with Crippen molar-refractivity contribution in [2.45, 2.75) is 19.3 Å². The van der Waals surface area contributed by atoms with Crippen LogP contribution in [-0.4, -0.2) is 26.2 Å². The Bertz CT molecular complexity index is 133. The van der Waals surface area contributed by atoms with Gasteiger partial charge in [-0.2, -0.15) is 0 Å². The number of hydrogen-bond acceptors (Lipinski definition) is 3. The minimum absolute atomic E-state index is 0. The van der Waals surface area contributed by atoms with Crippen molar-refractivity contribution in [1.29, 1.82) is 0 Å². The van der Waals surface area contributed by atoms with E-state index in [2.05, 4.69) is 10.1 Å². The zero-order valence-electron chi connectivity index (χ0n) is 7.34. The van der Waals surface area contributed by atoms with Crippen LogP contribution in [0.2, 0.25) is 0 Å². The van der Waals surface area contributed by atoms with Gasteiger partial charge in [0.1, 0.15) is 0 Å². The molecule has 1 atom stereocenters. The summed E-state index contributed by atoms with van der Waals surface area (Å²) in [5.41, 5.74) is 0. The lowest BCUT2D eigenvalue weighted by molar-refractivity contribution is -0.145. The molecule has 0 aromatic carbocycles. The third kappa shape index (κ3) is 3.41. The largest absolute Gasteiger partial charge is 0.469 e. The lowest BCUT2D eigenvalue weighted by Crippen LogP contribution is -2.18. The van der Waals surface area contributed by atoms with E-state index in [0.29, 0.717) is 0 Å². The molecule has 0 saturated carbocycles. The third-order valence-electron chi connectivity index (χ3n) is 2.11. The average molecular weight is 194 g/mol. The van der Waals surface area contributed by atoms with Gasteiger partial charge in [-0.1, -0.05) is 0 Å². The van der Waals surface area contributed by atoms with E-state index in [4.69, 9.17) is 0 Å². The molecule has 1 aliphatic heterocycles. The monoisotopic (exact) mass is 193 g/mol. The van der Waals surface area contributed by atoms with E-state index in [9.17, 15) is 4.79 Å². The summed E-state index contributed by atoms with van der Waals surface area (Å²) in [4.78, 5) is 11.1. The maximum Gasteiger partial charge on any atom is 0.308 e. The highest BCUT2D eigenvalue weighted by Gasteiger charge is 2.19. The summed E-state index contributed by atoms with van der Waals surface area (Å²) >= 11 is 0. The molecule has 1 N–H and O–H groups in total. The second kappa shape index (κ2) is 6.26. The summed E-state index contributed by atoms with van der Waals surface area (Å²) < 4.78 is 4.68. The van der Waals surface area contributed by atoms with Gasteiger partial charge in [0.2, 0.25) is 0 Å². The number of ether oxygens (including phenoxy) is 1. The van der Waals surface area contributed by atoms with Gasteiger partial charge in [0.15, 0.2) is 0 Å². The molecule has 0 radical (unpaired) electrons. The van der Waals surface area contributed by atoms with Crippen molar-refractivity contribution in [3.63, 3.8) is 0 Å². The molecule has 0 spiro atoms. The summed E-state index contributed by atoms with van der Waals surface area (Å²) in [6, 6.07) is 0. The maximum absolute atomic E-state index is 11.1. The van der Waals surface area contributed by atoms with Gasteiger partial charge in [-0.15, -0.1) is 12.4 Å². The minimum atomic E-state index is -0.0475. The van der Waals surface area contributed by atoms with Crippen LogP contribution >= 0.6 is 12.4 Å². The Hall–Kier alpha value is -0.280. The first-order valence-electron chi connectivity index (χ1n) is 4.13. The van der Waals surface area contributed by atoms with Crippen LogP contribution in [0.5, 0.6) is 0 Å². The average Bonchev–Trinajstić information content (AvgIpc) is 2.30. The van der Waals surface area contributed by atoms with Gasteiger partial charge in [-0.3, -0.25) is 4.79 Å². The van der Waals surface area contributed by atoms with Crippen molar-refractivity contribution in [3.05, 3.63) is 0 Å². The molecule has 1 saturated heterocycles. The molecule has 4 heteroatoms. The molecule has 0 unspecified atom stereocenters. The van der Waals surface area contributed by atoms with E-state index < -0.39 is 0 Å². The van der Waals surface area contributed by atoms with Crippen molar-refractivity contribution >= 4 is 18.4 Å². The molecule has 3 nitrogen and oxygen atoms in total. The lowest BCUT2D eigenvalue weighted by atomic mass is 10.0. The van der Waals surface area contributed by atoms with E-state index in [1.165, 1.54) is 7.11 Å². The summed E-state index contributed by atoms with van der Waals surface area (Å²) in [5.74, 6) is 0.0868. The number of esters is 1. The number of carbonyl (C=O) groups excluding carboxylic acids is 1. The molecular formula is C8H16ClNO2. The van der Waals surface area contributed by atoms with Gasteiger partial charge >= 0.3 is 5.97 Å². The van der Waals surface area contributed by atoms with Crippen LogP contribution in [0.15, 0.2) is 0 Å². The van der Waals surface area contributed by atoms with Crippen molar-refractivity contribution in [2.24, 2.45) is 5.92 Å². The topological polar surface area (TPSA) is 38.3 Å². The molecular weight excluding hydrogens is 178 g/mol. The van der Waals surface area contributed by atoms with E-state index in [1.54, 1.807) is 0 Å². The van der Waals surface area contributed by atoms with Gasteiger partial charge in [-0.05, 0) is 32.4 Å². The van der Waals surface area contributed by atoms with Crippen molar-refractivity contribution < 1.29 is 9.53 Å². The maximum atomic E-state index is 11.1. The molecule has 1 fully saturated rings. The minimum Gasteiger partial charge on any atom is -0.469 e. The quantitative estimate of drug-likeness (QED) is 0.631. The number of carbonyl (C=O) groups is 1. The molecule has 0 aromatic heterocycles. The Kier molecular flexibility index (Phi) is 6.11. The summed E-state index contributed by atoms with van der Waals surface area (Å²) in [7, 11) is 1.46. The van der Waals surface area contributed by atoms with Crippen LogP contribution in [0.25, 0.3) is 0 Å². The zero-order valence-corrected chi connectivity index (χ0v) is 8.15. The molecule has 1 aliphatic rings. The van der Waals surface area contributed by atoms with Gasteiger partial charge in [0.25, 0.3) is 0 Å². The molecule has 0 amide bonds. The van der Waals surface area contributed by atoms with Crippen molar-refractivity contribution in [2.75, 3.05) is 20.2 Å². The van der Waals surface area contributed by atoms with Crippen LogP contribution in [0.1, 0.15) is 19.3 Å². The number of methoxy groups -OCH3 is 1. The third-order valence-corrected chi connectivity index (χ3v) is 2.11. The lowest BCUT2D eigenvalue weighted by Gasteiger charge is -2.09. The molecule has 0 bridgehead atoms. The highest BCUT2D eigenvalue weighted by molar-refractivity contribution is 5.85. The molecule has 0 aromatic rings. The Morgan fingerprint density at radius 3 is 2.83 bits per heavy atom. The molecule has 12 heavy (non-hydrogen) atoms. The first kappa shape index (κ1) is 11.7. The predicted molar refractivity (Wildman–Crippen MR) is 49.5 cm³/mol. The normalized spacial score (nSPS) is 23.6. The second-order valence-electron chi connectivity index (χ2n) is 2.90. The number of hydrogen-bond donors (Lipinski definition) is 1. The van der Waals surface area contributed by atoms with E-state index in [-0.39, 0.29) is 24.3 Å². The smallest absolute Gasteiger partial charge is 0.308 e. The van der Waals surface area contributed by atoms with Gasteiger partial charge in [-0.25, -0.2) is 0 Å². The first-order valence-corrected chi connectivity index (χ1v) is 4.13. The Labute approximate surface area is 79.3 Å². The highest BCUT2D eigenvalue weighted by atomic mass is 35.5. The zero-order chi connectivity index (χ0) is 8.10. The van der Waals surface area contributed by atoms with Crippen LogP contribution in [-0.2, 0) is 9.53 Å². The fraction of sp³-hybridized carbons (Fsp3) is 0.875. The van der Waals surface area contributed by atoms with Crippen LogP contribution in [0.4, 0.5) is 0 Å². The number of nitrogens with one attached hydrogen (secondary N) is 1. The van der Waals surface area contributed by atoms with Crippen LogP contribution in [0, 0.1) is 5.92 Å². The second-order valence-corrected chi connectivity index (χ2v) is 2.90. The Morgan fingerprint density at radius 2 is 2.17 bits per heavy atom. The highest BCUT2D eigenvalue weighted by Crippen LogP contribution is 2.14. The van der Waals surface area contributed by atoms with Crippen LogP contribution in [0.3, 0.4) is 0 Å². The molecule has 1 heterocycles.